The summed E-state index contributed by atoms with van der Waals surface area (Å²) in [4.78, 5) is 12.0. The van der Waals surface area contributed by atoms with Crippen LogP contribution >= 0.6 is 0 Å². The Bertz CT molecular complexity index is 632. The standard InChI is InChI=1S/C18H20FNO2/c1-12-8-13(2)10-17(9-12)22-14(3)18(21)20-11-15-4-6-16(19)7-5-15/h4-10,14H,11H2,1-3H3,(H,20,21). The molecule has 1 unspecified atom stereocenters. The first-order chi connectivity index (χ1) is 10.4. The van der Waals surface area contributed by atoms with Gasteiger partial charge in [0.25, 0.3) is 5.91 Å². The third-order valence-corrected chi connectivity index (χ3v) is 3.26. The number of halogens is 1. The van der Waals surface area contributed by atoms with E-state index in [1.165, 1.54) is 12.1 Å². The second-order valence-corrected chi connectivity index (χ2v) is 5.43. The Balaban J connectivity index is 1.90. The highest BCUT2D eigenvalue weighted by Gasteiger charge is 2.14. The molecule has 1 atom stereocenters. The molecule has 0 aliphatic carbocycles. The van der Waals surface area contributed by atoms with Crippen LogP contribution in [0.25, 0.3) is 0 Å². The van der Waals surface area contributed by atoms with Gasteiger partial charge in [0.05, 0.1) is 0 Å². The number of carbonyl (C=O) groups is 1. The number of ether oxygens (including phenoxy) is 1. The van der Waals surface area contributed by atoms with Crippen molar-refractivity contribution < 1.29 is 13.9 Å². The number of carbonyl (C=O) groups excluding carboxylic acids is 1. The van der Waals surface area contributed by atoms with Crippen molar-refractivity contribution in [2.75, 3.05) is 0 Å². The van der Waals surface area contributed by atoms with Gasteiger partial charge in [-0.05, 0) is 61.7 Å². The van der Waals surface area contributed by atoms with Gasteiger partial charge in [0.2, 0.25) is 0 Å². The first-order valence-corrected chi connectivity index (χ1v) is 7.21. The predicted octanol–water partition coefficient (Wildman–Crippen LogP) is 3.53. The normalized spacial score (nSPS) is 11.8. The first kappa shape index (κ1) is 16.0. The van der Waals surface area contributed by atoms with Gasteiger partial charge in [-0.3, -0.25) is 4.79 Å². The Kier molecular flexibility index (Phi) is 5.15. The molecule has 0 spiro atoms. The molecule has 0 radical (unpaired) electrons. The minimum atomic E-state index is -0.596. The number of nitrogens with one attached hydrogen (secondary N) is 1. The first-order valence-electron chi connectivity index (χ1n) is 7.21. The quantitative estimate of drug-likeness (QED) is 0.917. The summed E-state index contributed by atoms with van der Waals surface area (Å²) in [6.07, 6.45) is -0.596. The summed E-state index contributed by atoms with van der Waals surface area (Å²) in [5.41, 5.74) is 3.02. The van der Waals surface area contributed by atoms with Crippen LogP contribution in [0.5, 0.6) is 5.75 Å². The lowest BCUT2D eigenvalue weighted by Gasteiger charge is -2.15. The van der Waals surface area contributed by atoms with Crippen LogP contribution in [-0.4, -0.2) is 12.0 Å². The Hall–Kier alpha value is -2.36. The van der Waals surface area contributed by atoms with E-state index in [4.69, 9.17) is 4.74 Å². The van der Waals surface area contributed by atoms with E-state index in [2.05, 4.69) is 5.32 Å². The van der Waals surface area contributed by atoms with Crippen molar-refractivity contribution in [2.45, 2.75) is 33.4 Å². The molecule has 4 heteroatoms. The van der Waals surface area contributed by atoms with E-state index < -0.39 is 6.10 Å². The van der Waals surface area contributed by atoms with Gasteiger partial charge in [-0.2, -0.15) is 0 Å². The van der Waals surface area contributed by atoms with Crippen molar-refractivity contribution in [3.8, 4) is 5.75 Å². The lowest BCUT2D eigenvalue weighted by atomic mass is 10.1. The SMILES string of the molecule is Cc1cc(C)cc(OC(C)C(=O)NCc2ccc(F)cc2)c1. The van der Waals surface area contributed by atoms with Gasteiger partial charge >= 0.3 is 0 Å². The number of rotatable bonds is 5. The molecule has 0 aliphatic heterocycles. The fraction of sp³-hybridized carbons (Fsp3) is 0.278. The summed E-state index contributed by atoms with van der Waals surface area (Å²) in [7, 11) is 0. The molecule has 0 saturated heterocycles. The van der Waals surface area contributed by atoms with Crippen LogP contribution in [0.4, 0.5) is 4.39 Å². The maximum absolute atomic E-state index is 12.8. The molecule has 3 nitrogen and oxygen atoms in total. The van der Waals surface area contributed by atoms with Crippen molar-refractivity contribution in [1.82, 2.24) is 5.32 Å². The number of benzene rings is 2. The van der Waals surface area contributed by atoms with Crippen LogP contribution < -0.4 is 10.1 Å². The molecule has 0 bridgehead atoms. The maximum atomic E-state index is 12.8. The molecule has 0 saturated carbocycles. The smallest absolute Gasteiger partial charge is 0.261 e. The van der Waals surface area contributed by atoms with Crippen molar-refractivity contribution in [3.63, 3.8) is 0 Å². The van der Waals surface area contributed by atoms with Crippen molar-refractivity contribution >= 4 is 5.91 Å². The van der Waals surface area contributed by atoms with Crippen molar-refractivity contribution in [2.24, 2.45) is 0 Å². The second-order valence-electron chi connectivity index (χ2n) is 5.43. The Morgan fingerprint density at radius 3 is 2.32 bits per heavy atom. The minimum absolute atomic E-state index is 0.205. The molecule has 0 fully saturated rings. The summed E-state index contributed by atoms with van der Waals surface area (Å²) >= 11 is 0. The second kappa shape index (κ2) is 7.07. The van der Waals surface area contributed by atoms with Gasteiger partial charge in [-0.15, -0.1) is 0 Å². The maximum Gasteiger partial charge on any atom is 0.261 e. The van der Waals surface area contributed by atoms with E-state index in [0.29, 0.717) is 12.3 Å². The van der Waals surface area contributed by atoms with Crippen molar-refractivity contribution in [1.29, 1.82) is 0 Å². The van der Waals surface area contributed by atoms with E-state index in [9.17, 15) is 9.18 Å². The van der Waals surface area contributed by atoms with Crippen molar-refractivity contribution in [3.05, 3.63) is 65.0 Å². The lowest BCUT2D eigenvalue weighted by molar-refractivity contribution is -0.127. The van der Waals surface area contributed by atoms with E-state index in [1.807, 2.05) is 32.0 Å². The molecule has 22 heavy (non-hydrogen) atoms. The van der Waals surface area contributed by atoms with E-state index in [1.54, 1.807) is 19.1 Å². The predicted molar refractivity (Wildman–Crippen MR) is 84.3 cm³/mol. The van der Waals surface area contributed by atoms with Gasteiger partial charge in [0.1, 0.15) is 11.6 Å². The summed E-state index contributed by atoms with van der Waals surface area (Å²) in [6.45, 7) is 6.02. The number of aryl methyl sites for hydroxylation is 2. The molecule has 2 aromatic carbocycles. The molecule has 1 amide bonds. The molecular weight excluding hydrogens is 281 g/mol. The van der Waals surface area contributed by atoms with Gasteiger partial charge < -0.3 is 10.1 Å². The van der Waals surface area contributed by atoms with Gasteiger partial charge in [-0.1, -0.05) is 18.2 Å². The van der Waals surface area contributed by atoms with Crippen LogP contribution in [-0.2, 0) is 11.3 Å². The number of hydrogen-bond donors (Lipinski definition) is 1. The van der Waals surface area contributed by atoms with E-state index >= 15 is 0 Å². The molecule has 2 rings (SSSR count). The van der Waals surface area contributed by atoms with Crippen LogP contribution in [0.3, 0.4) is 0 Å². The summed E-state index contributed by atoms with van der Waals surface area (Å²) in [5.74, 6) is 0.187. The highest BCUT2D eigenvalue weighted by molar-refractivity contribution is 5.80. The van der Waals surface area contributed by atoms with Crippen LogP contribution in [0.2, 0.25) is 0 Å². The van der Waals surface area contributed by atoms with Crippen LogP contribution in [0, 0.1) is 19.7 Å². The summed E-state index contributed by atoms with van der Waals surface area (Å²) in [6, 6.07) is 11.9. The third-order valence-electron chi connectivity index (χ3n) is 3.26. The Morgan fingerprint density at radius 1 is 1.14 bits per heavy atom. The van der Waals surface area contributed by atoms with Gasteiger partial charge in [0.15, 0.2) is 6.10 Å². The average Bonchev–Trinajstić information content (AvgIpc) is 2.45. The van der Waals surface area contributed by atoms with Crippen LogP contribution in [0.15, 0.2) is 42.5 Å². The minimum Gasteiger partial charge on any atom is -0.481 e. The molecular formula is C18H20FNO2. The highest BCUT2D eigenvalue weighted by atomic mass is 19.1. The summed E-state index contributed by atoms with van der Waals surface area (Å²) in [5, 5.41) is 2.78. The van der Waals surface area contributed by atoms with Gasteiger partial charge in [0, 0.05) is 6.54 Å². The fourth-order valence-corrected chi connectivity index (χ4v) is 2.19. The molecule has 0 heterocycles. The van der Waals surface area contributed by atoms with Crippen LogP contribution in [0.1, 0.15) is 23.6 Å². The molecule has 2 aromatic rings. The third kappa shape index (κ3) is 4.58. The molecule has 0 aliphatic rings. The summed E-state index contributed by atoms with van der Waals surface area (Å²) < 4.78 is 18.5. The van der Waals surface area contributed by atoms with Gasteiger partial charge in [-0.25, -0.2) is 4.39 Å². The van der Waals surface area contributed by atoms with E-state index in [0.717, 1.165) is 16.7 Å². The number of hydrogen-bond acceptors (Lipinski definition) is 2. The molecule has 0 aromatic heterocycles. The zero-order chi connectivity index (χ0) is 16.1. The lowest BCUT2D eigenvalue weighted by Crippen LogP contribution is -2.35. The zero-order valence-corrected chi connectivity index (χ0v) is 13.0. The molecule has 1 N–H and O–H groups in total. The topological polar surface area (TPSA) is 38.3 Å². The molecule has 116 valence electrons. The Morgan fingerprint density at radius 2 is 1.73 bits per heavy atom. The monoisotopic (exact) mass is 301 g/mol. The largest absolute Gasteiger partial charge is 0.481 e. The average molecular weight is 301 g/mol. The zero-order valence-electron chi connectivity index (χ0n) is 13.0. The van der Waals surface area contributed by atoms with E-state index in [-0.39, 0.29) is 11.7 Å². The number of amides is 1. The fourth-order valence-electron chi connectivity index (χ4n) is 2.19. The Labute approximate surface area is 130 Å². The highest BCUT2D eigenvalue weighted by Crippen LogP contribution is 2.17.